The number of Topliss-reactive ketones (excluding diaryl/α,β-unsaturated/α-hetero) is 1. The van der Waals surface area contributed by atoms with Crippen LogP contribution in [-0.4, -0.2) is 239 Å². The molecule has 82 heavy (non-hydrogen) atoms. The molecule has 0 bridgehead atoms. The van der Waals surface area contributed by atoms with Gasteiger partial charge in [-0.15, -0.1) is 0 Å². The Labute approximate surface area is 477 Å². The highest BCUT2D eigenvalue weighted by Gasteiger charge is 2.72. The second-order valence-corrected chi connectivity index (χ2v) is 27.5. The quantitative estimate of drug-likeness (QED) is 0.0558. The Morgan fingerprint density at radius 3 is 1.79 bits per heavy atom. The molecule has 4 saturated carbocycles. The molecule has 9 rings (SSSR count). The van der Waals surface area contributed by atoms with Crippen molar-refractivity contribution in [2.75, 3.05) is 26.4 Å². The topological polar surface area (TPSA) is 391 Å². The van der Waals surface area contributed by atoms with E-state index < -0.39 is 177 Å². The van der Waals surface area contributed by atoms with Gasteiger partial charge in [0.15, 0.2) is 37.0 Å². The predicted molar refractivity (Wildman–Crippen MR) is 282 cm³/mol. The summed E-state index contributed by atoms with van der Waals surface area (Å²) in [5.74, 6) is -2.56. The maximum absolute atomic E-state index is 14.3. The average molecular weight is 1170 g/mol. The molecule has 14 N–H and O–H groups in total. The number of allylic oxidation sites excluding steroid dienone is 4. The molecule has 468 valence electrons. The van der Waals surface area contributed by atoms with Crippen LogP contribution in [0.4, 0.5) is 0 Å². The maximum atomic E-state index is 14.3. The number of carboxylic acids is 1. The number of aliphatic carboxylic acids is 1. The van der Waals surface area contributed by atoms with E-state index in [9.17, 15) is 81.1 Å². The van der Waals surface area contributed by atoms with Crippen molar-refractivity contribution in [2.45, 2.75) is 243 Å². The van der Waals surface area contributed by atoms with E-state index in [0.29, 0.717) is 50.5 Å². The molecular formula is C58H92O24. The summed E-state index contributed by atoms with van der Waals surface area (Å²) in [6, 6.07) is 0. The molecule has 4 heterocycles. The summed E-state index contributed by atoms with van der Waals surface area (Å²) >= 11 is 0. The number of rotatable bonds is 14. The Kier molecular flexibility index (Phi) is 18.3. The molecule has 0 spiro atoms. The average Bonchev–Trinajstić information content (AvgIpc) is 0.794. The largest absolute Gasteiger partial charge is 0.479 e. The summed E-state index contributed by atoms with van der Waals surface area (Å²) in [6.45, 7) is 16.3. The van der Waals surface area contributed by atoms with E-state index in [2.05, 4.69) is 54.5 Å². The summed E-state index contributed by atoms with van der Waals surface area (Å²) in [7, 11) is 0. The van der Waals surface area contributed by atoms with Crippen LogP contribution in [0, 0.1) is 56.2 Å². The SMILES string of the molecule is CC=C(C)C(=O)[C@H]1CC(C)(C)C[C@H]2C3=CC[C@@H]4[C@@]5(C)CC[C@H](O[C@@H]6O[C@H](C(=O)O)[C@@H](O)[C@H](O[C@@H]7OC[C@@H](O)[C@H](O)[C@H]7O[C@@H]7O[C@H](CO)[C@@H](O)[C@H](O)[C@H]7O)[C@H]6O[C@@H]6O[C@H](CO)[C@H](O)[C@H](O)[C@H]6O)C(C)(C)[C@@H]5CC[C@@]4(C)[C@]3(C)C[C@@H](O)[C@@]12CO. The Morgan fingerprint density at radius 1 is 0.646 bits per heavy atom. The molecule has 24 heteroatoms. The number of ketones is 1. The van der Waals surface area contributed by atoms with Gasteiger partial charge in [0.05, 0.1) is 38.6 Å². The molecule has 0 radical (unpaired) electrons. The normalized spacial score (nSPS) is 52.0. The minimum absolute atomic E-state index is 0.0398. The predicted octanol–water partition coefficient (Wildman–Crippen LogP) is -1.10. The van der Waals surface area contributed by atoms with Gasteiger partial charge in [-0.05, 0) is 116 Å². The first-order valence-corrected chi connectivity index (χ1v) is 29.3. The van der Waals surface area contributed by atoms with Crippen molar-refractivity contribution < 1.29 is 119 Å². The molecule has 0 aromatic carbocycles. The lowest BCUT2D eigenvalue weighted by atomic mass is 9.32. The molecule has 8 fully saturated rings. The van der Waals surface area contributed by atoms with Gasteiger partial charge in [-0.1, -0.05) is 66.2 Å². The highest BCUT2D eigenvalue weighted by molar-refractivity contribution is 5.97. The van der Waals surface area contributed by atoms with Crippen molar-refractivity contribution in [3.8, 4) is 0 Å². The summed E-state index contributed by atoms with van der Waals surface area (Å²) in [5.41, 5.74) is -1.52. The van der Waals surface area contributed by atoms with Crippen molar-refractivity contribution in [3.63, 3.8) is 0 Å². The number of aliphatic hydroxyl groups is 13. The second-order valence-electron chi connectivity index (χ2n) is 27.5. The Balaban J connectivity index is 1.04. The van der Waals surface area contributed by atoms with Gasteiger partial charge < -0.3 is 109 Å². The van der Waals surface area contributed by atoms with Crippen LogP contribution in [0.1, 0.15) is 114 Å². The van der Waals surface area contributed by atoms with Crippen LogP contribution in [0.3, 0.4) is 0 Å². The molecule has 4 aliphatic heterocycles. The minimum Gasteiger partial charge on any atom is -0.479 e. The van der Waals surface area contributed by atoms with Crippen LogP contribution in [-0.2, 0) is 47.5 Å². The van der Waals surface area contributed by atoms with Gasteiger partial charge in [0.2, 0.25) is 0 Å². The van der Waals surface area contributed by atoms with Gasteiger partial charge in [0.1, 0.15) is 85.5 Å². The smallest absolute Gasteiger partial charge is 0.335 e. The van der Waals surface area contributed by atoms with E-state index in [1.807, 2.05) is 6.92 Å². The lowest BCUT2D eigenvalue weighted by molar-refractivity contribution is -0.401. The van der Waals surface area contributed by atoms with Crippen LogP contribution in [0.25, 0.3) is 0 Å². The van der Waals surface area contributed by atoms with Gasteiger partial charge in [0, 0.05) is 11.3 Å². The third kappa shape index (κ3) is 10.3. The van der Waals surface area contributed by atoms with Crippen molar-refractivity contribution >= 4 is 11.8 Å². The van der Waals surface area contributed by atoms with Gasteiger partial charge in [0.25, 0.3) is 0 Å². The van der Waals surface area contributed by atoms with Gasteiger partial charge >= 0.3 is 5.97 Å². The Morgan fingerprint density at radius 2 is 1.23 bits per heavy atom. The molecule has 4 saturated heterocycles. The number of hydrogen-bond acceptors (Lipinski definition) is 23. The van der Waals surface area contributed by atoms with Crippen molar-refractivity contribution in [3.05, 3.63) is 23.3 Å². The molecule has 0 amide bonds. The van der Waals surface area contributed by atoms with E-state index in [0.717, 1.165) is 6.42 Å². The Hall–Kier alpha value is -2.22. The first kappa shape index (κ1) is 64.3. The standard InChI is InChI=1S/C58H92O24/c1-10-24(2)35(64)27-18-53(3,4)17-26-25-11-12-32-55(7)15-14-34(54(5,6)31(55)13-16-56(32,8)57(25,9)19-33(63)58(26,27)23-61)78-52-47(82-50-42(71)40(69)38(67)30(21-60)77-50)44(43(72)45(80-52)48(73)74)79-51-46(36(65)28(62)22-75-51)81-49-41(70)39(68)37(66)29(20-59)76-49/h10-11,26-34,36-47,49-52,59-63,65-72H,12-23H2,1-9H3,(H,73,74)/t26-,27+,28+,29+,30+,31-,32+,33+,34-,36-,37+,38-,39-,40-,41+,42+,43-,44-,45-,46+,47+,49-,50-,51-,52+,55-,56+,57+,58+/m0/s1. The van der Waals surface area contributed by atoms with E-state index in [-0.39, 0.29) is 46.4 Å². The summed E-state index contributed by atoms with van der Waals surface area (Å²) in [5, 5.41) is 154. The van der Waals surface area contributed by atoms with Crippen LogP contribution < -0.4 is 0 Å². The summed E-state index contributed by atoms with van der Waals surface area (Å²) < 4.78 is 48.8. The highest BCUT2D eigenvalue weighted by Crippen LogP contribution is 2.76. The lowest BCUT2D eigenvalue weighted by Crippen LogP contribution is -2.69. The molecule has 24 nitrogen and oxygen atoms in total. The van der Waals surface area contributed by atoms with E-state index in [4.69, 9.17) is 37.9 Å². The van der Waals surface area contributed by atoms with Crippen LogP contribution in [0.5, 0.6) is 0 Å². The molecule has 0 aromatic heterocycles. The fourth-order valence-electron chi connectivity index (χ4n) is 17.4. The number of fused-ring (bicyclic) bond motifs is 7. The lowest BCUT2D eigenvalue weighted by Gasteiger charge is -2.72. The number of carbonyl (C=O) groups excluding carboxylic acids is 1. The fraction of sp³-hybridized carbons (Fsp3) is 0.897. The van der Waals surface area contributed by atoms with Gasteiger partial charge in [-0.25, -0.2) is 4.79 Å². The molecule has 0 aromatic rings. The van der Waals surface area contributed by atoms with Crippen molar-refractivity contribution in [1.82, 2.24) is 0 Å². The summed E-state index contributed by atoms with van der Waals surface area (Å²) in [6.07, 6.45) is -28.9. The summed E-state index contributed by atoms with van der Waals surface area (Å²) in [4.78, 5) is 27.5. The maximum Gasteiger partial charge on any atom is 0.335 e. The molecule has 0 unspecified atom stereocenters. The van der Waals surface area contributed by atoms with Gasteiger partial charge in [-0.3, -0.25) is 4.79 Å². The zero-order chi connectivity index (χ0) is 60.3. The number of hydrogen-bond donors (Lipinski definition) is 14. The van der Waals surface area contributed by atoms with Crippen molar-refractivity contribution in [2.24, 2.45) is 56.2 Å². The first-order chi connectivity index (χ1) is 38.3. The molecule has 9 aliphatic rings. The first-order valence-electron chi connectivity index (χ1n) is 29.3. The number of aliphatic hydroxyl groups excluding tert-OH is 13. The number of carboxylic acid groups (broad SMARTS) is 1. The highest BCUT2D eigenvalue weighted by atomic mass is 16.8. The fourth-order valence-corrected chi connectivity index (χ4v) is 17.4. The van der Waals surface area contributed by atoms with Crippen LogP contribution in [0.2, 0.25) is 0 Å². The zero-order valence-corrected chi connectivity index (χ0v) is 48.4. The third-order valence-corrected chi connectivity index (χ3v) is 22.3. The van der Waals surface area contributed by atoms with Crippen LogP contribution >= 0.6 is 0 Å². The van der Waals surface area contributed by atoms with E-state index in [1.54, 1.807) is 13.0 Å². The number of ether oxygens (including phenoxy) is 8. The molecule has 5 aliphatic carbocycles. The van der Waals surface area contributed by atoms with Gasteiger partial charge in [-0.2, -0.15) is 0 Å². The minimum atomic E-state index is -2.22. The van der Waals surface area contributed by atoms with E-state index >= 15 is 0 Å². The van der Waals surface area contributed by atoms with Crippen LogP contribution in [0.15, 0.2) is 23.3 Å². The molecule has 29 atom stereocenters. The zero-order valence-electron chi connectivity index (χ0n) is 48.4. The third-order valence-electron chi connectivity index (χ3n) is 22.3. The Bertz CT molecular complexity index is 2370. The number of carbonyl (C=O) groups is 2. The molecular weight excluding hydrogens is 1080 g/mol. The monoisotopic (exact) mass is 1170 g/mol. The second kappa shape index (κ2) is 23.4. The van der Waals surface area contributed by atoms with E-state index in [1.165, 1.54) is 5.57 Å². The van der Waals surface area contributed by atoms with Crippen molar-refractivity contribution in [1.29, 1.82) is 0 Å².